The highest BCUT2D eigenvalue weighted by molar-refractivity contribution is 5.69. The summed E-state index contributed by atoms with van der Waals surface area (Å²) in [4.78, 5) is 13.4. The molecule has 1 fully saturated rings. The minimum absolute atomic E-state index is 0.0688. The van der Waals surface area contributed by atoms with Crippen LogP contribution in [0.5, 0.6) is 0 Å². The molecule has 5 nitrogen and oxygen atoms in total. The van der Waals surface area contributed by atoms with Crippen molar-refractivity contribution in [1.82, 2.24) is 10.2 Å². The molecule has 100 valence electrons. The van der Waals surface area contributed by atoms with Crippen LogP contribution in [0.25, 0.3) is 0 Å². The van der Waals surface area contributed by atoms with Crippen LogP contribution in [0, 0.1) is 0 Å². The molecule has 0 spiro atoms. The van der Waals surface area contributed by atoms with E-state index in [2.05, 4.69) is 17.3 Å². The summed E-state index contributed by atoms with van der Waals surface area (Å²) in [5, 5.41) is 12.7. The van der Waals surface area contributed by atoms with Crippen LogP contribution < -0.4 is 5.32 Å². The van der Waals surface area contributed by atoms with Gasteiger partial charge in [-0.3, -0.25) is 4.79 Å². The van der Waals surface area contributed by atoms with Crippen LogP contribution in [0.1, 0.15) is 26.2 Å². The Kier molecular flexibility index (Phi) is 6.47. The molecular formula is C12H24N2O3. The quantitative estimate of drug-likeness (QED) is 0.441. The molecule has 1 rings (SSSR count). The molecule has 17 heavy (non-hydrogen) atoms. The van der Waals surface area contributed by atoms with E-state index in [1.54, 1.807) is 6.92 Å². The third-order valence-electron chi connectivity index (χ3n) is 2.90. The summed E-state index contributed by atoms with van der Waals surface area (Å²) in [5.74, 6) is -0.336. The van der Waals surface area contributed by atoms with E-state index < -0.39 is 6.10 Å². The number of nitrogens with one attached hydrogen (secondary N) is 1. The summed E-state index contributed by atoms with van der Waals surface area (Å²) in [5.41, 5.74) is 0. The molecule has 0 aromatic heterocycles. The van der Waals surface area contributed by atoms with Crippen molar-refractivity contribution in [3.8, 4) is 0 Å². The van der Waals surface area contributed by atoms with Crippen molar-refractivity contribution in [2.24, 2.45) is 0 Å². The number of ether oxygens (including phenoxy) is 1. The van der Waals surface area contributed by atoms with Crippen LogP contribution in [0.4, 0.5) is 0 Å². The Morgan fingerprint density at radius 3 is 2.88 bits per heavy atom. The van der Waals surface area contributed by atoms with Crippen LogP contribution in [0.2, 0.25) is 0 Å². The normalized spacial score (nSPS) is 17.2. The van der Waals surface area contributed by atoms with Gasteiger partial charge in [0.15, 0.2) is 0 Å². The van der Waals surface area contributed by atoms with Gasteiger partial charge in [0.05, 0.1) is 19.1 Å². The largest absolute Gasteiger partial charge is 0.466 e. The average Bonchev–Trinajstić information content (AvgIpc) is 3.08. The van der Waals surface area contributed by atoms with Gasteiger partial charge in [0, 0.05) is 25.7 Å². The fourth-order valence-corrected chi connectivity index (χ4v) is 1.71. The third-order valence-corrected chi connectivity index (χ3v) is 2.90. The summed E-state index contributed by atoms with van der Waals surface area (Å²) < 4.78 is 4.76. The number of rotatable bonds is 9. The van der Waals surface area contributed by atoms with E-state index in [0.717, 1.165) is 19.1 Å². The second-order valence-corrected chi connectivity index (χ2v) is 4.58. The molecule has 0 aromatic carbocycles. The van der Waals surface area contributed by atoms with Crippen molar-refractivity contribution in [3.63, 3.8) is 0 Å². The van der Waals surface area contributed by atoms with Crippen LogP contribution in [0.15, 0.2) is 0 Å². The molecular weight excluding hydrogens is 220 g/mol. The standard InChI is InChI=1S/C12H24N2O3/c1-3-17-12(16)8-11(15)9-13-6-7-14(2)10-4-5-10/h10-11,13,15H,3-9H2,1-2H3. The van der Waals surface area contributed by atoms with Gasteiger partial charge in [-0.25, -0.2) is 0 Å². The zero-order valence-corrected chi connectivity index (χ0v) is 10.8. The average molecular weight is 244 g/mol. The Labute approximate surface area is 103 Å². The van der Waals surface area contributed by atoms with Crippen molar-refractivity contribution in [2.75, 3.05) is 33.3 Å². The Morgan fingerprint density at radius 2 is 2.29 bits per heavy atom. The van der Waals surface area contributed by atoms with Gasteiger partial charge in [-0.05, 0) is 26.8 Å². The number of carbonyl (C=O) groups is 1. The third kappa shape index (κ3) is 6.61. The molecule has 0 radical (unpaired) electrons. The van der Waals surface area contributed by atoms with Crippen molar-refractivity contribution in [1.29, 1.82) is 0 Å². The fourth-order valence-electron chi connectivity index (χ4n) is 1.71. The topological polar surface area (TPSA) is 61.8 Å². The second kappa shape index (κ2) is 7.63. The molecule has 0 aromatic rings. The molecule has 1 aliphatic rings. The molecule has 0 saturated heterocycles. The number of carbonyl (C=O) groups excluding carboxylic acids is 1. The SMILES string of the molecule is CCOC(=O)CC(O)CNCCN(C)C1CC1. The van der Waals surface area contributed by atoms with E-state index in [1.807, 2.05) is 0 Å². The molecule has 1 saturated carbocycles. The summed E-state index contributed by atoms with van der Waals surface area (Å²) in [7, 11) is 2.12. The smallest absolute Gasteiger partial charge is 0.308 e. The fraction of sp³-hybridized carbons (Fsp3) is 0.917. The lowest BCUT2D eigenvalue weighted by Crippen LogP contribution is -2.35. The predicted molar refractivity (Wildman–Crippen MR) is 65.8 cm³/mol. The minimum atomic E-state index is -0.653. The van der Waals surface area contributed by atoms with Crippen LogP contribution >= 0.6 is 0 Å². The Bertz CT molecular complexity index is 232. The molecule has 5 heteroatoms. The van der Waals surface area contributed by atoms with Crippen molar-refractivity contribution >= 4 is 5.97 Å². The number of aliphatic hydroxyl groups excluding tert-OH is 1. The van der Waals surface area contributed by atoms with Crippen LogP contribution in [-0.4, -0.2) is 61.4 Å². The number of hydrogen-bond acceptors (Lipinski definition) is 5. The summed E-state index contributed by atoms with van der Waals surface area (Å²) in [6.07, 6.45) is 2.03. The Balaban J connectivity index is 1.95. The second-order valence-electron chi connectivity index (χ2n) is 4.58. The van der Waals surface area contributed by atoms with E-state index >= 15 is 0 Å². The number of nitrogens with zero attached hydrogens (tertiary/aromatic N) is 1. The molecule has 0 aliphatic heterocycles. The van der Waals surface area contributed by atoms with E-state index in [4.69, 9.17) is 4.74 Å². The molecule has 1 unspecified atom stereocenters. The first-order valence-corrected chi connectivity index (χ1v) is 6.38. The summed E-state index contributed by atoms with van der Waals surface area (Å²) in [6, 6.07) is 0.765. The van der Waals surface area contributed by atoms with Gasteiger partial charge in [0.2, 0.25) is 0 Å². The van der Waals surface area contributed by atoms with E-state index in [1.165, 1.54) is 12.8 Å². The molecule has 2 N–H and O–H groups in total. The maximum absolute atomic E-state index is 11.1. The minimum Gasteiger partial charge on any atom is -0.466 e. The Hall–Kier alpha value is -0.650. The van der Waals surface area contributed by atoms with E-state index in [9.17, 15) is 9.90 Å². The summed E-state index contributed by atoms with van der Waals surface area (Å²) in [6.45, 7) is 4.39. The first-order chi connectivity index (χ1) is 8.13. The lowest BCUT2D eigenvalue weighted by molar-refractivity contribution is -0.145. The molecule has 1 atom stereocenters. The first-order valence-electron chi connectivity index (χ1n) is 6.38. The van der Waals surface area contributed by atoms with Gasteiger partial charge in [-0.2, -0.15) is 0 Å². The van der Waals surface area contributed by atoms with Crippen LogP contribution in [-0.2, 0) is 9.53 Å². The van der Waals surface area contributed by atoms with Gasteiger partial charge in [0.25, 0.3) is 0 Å². The monoisotopic (exact) mass is 244 g/mol. The molecule has 1 aliphatic carbocycles. The maximum atomic E-state index is 11.1. The maximum Gasteiger partial charge on any atom is 0.308 e. The molecule has 0 heterocycles. The number of aliphatic hydroxyl groups is 1. The van der Waals surface area contributed by atoms with E-state index in [0.29, 0.717) is 13.2 Å². The van der Waals surface area contributed by atoms with E-state index in [-0.39, 0.29) is 12.4 Å². The van der Waals surface area contributed by atoms with Gasteiger partial charge in [-0.1, -0.05) is 0 Å². The number of esters is 1. The zero-order valence-electron chi connectivity index (χ0n) is 10.8. The first kappa shape index (κ1) is 14.4. The Morgan fingerprint density at radius 1 is 1.59 bits per heavy atom. The van der Waals surface area contributed by atoms with Crippen LogP contribution in [0.3, 0.4) is 0 Å². The van der Waals surface area contributed by atoms with Crippen molar-refractivity contribution in [3.05, 3.63) is 0 Å². The number of hydrogen-bond donors (Lipinski definition) is 2. The molecule has 0 bridgehead atoms. The van der Waals surface area contributed by atoms with Crippen molar-refractivity contribution < 1.29 is 14.6 Å². The highest BCUT2D eigenvalue weighted by atomic mass is 16.5. The highest BCUT2D eigenvalue weighted by Crippen LogP contribution is 2.24. The van der Waals surface area contributed by atoms with Gasteiger partial charge in [0.1, 0.15) is 0 Å². The highest BCUT2D eigenvalue weighted by Gasteiger charge is 2.25. The lowest BCUT2D eigenvalue weighted by Gasteiger charge is -2.16. The van der Waals surface area contributed by atoms with Gasteiger partial charge in [-0.15, -0.1) is 0 Å². The van der Waals surface area contributed by atoms with Gasteiger partial charge < -0.3 is 20.1 Å². The number of likely N-dealkylation sites (N-methyl/N-ethyl adjacent to an activating group) is 1. The predicted octanol–water partition coefficient (Wildman–Crippen LogP) is -0.0157. The zero-order chi connectivity index (χ0) is 12.7. The van der Waals surface area contributed by atoms with Crippen molar-refractivity contribution in [2.45, 2.75) is 38.3 Å². The van der Waals surface area contributed by atoms with Gasteiger partial charge >= 0.3 is 5.97 Å². The lowest BCUT2D eigenvalue weighted by atomic mass is 10.2. The summed E-state index contributed by atoms with van der Waals surface area (Å²) >= 11 is 0. The molecule has 0 amide bonds.